The summed E-state index contributed by atoms with van der Waals surface area (Å²) in [5.41, 5.74) is 1.02. The van der Waals surface area contributed by atoms with Gasteiger partial charge in [0.25, 0.3) is 5.91 Å². The van der Waals surface area contributed by atoms with Crippen molar-refractivity contribution in [2.75, 3.05) is 19.6 Å². The van der Waals surface area contributed by atoms with Crippen LogP contribution in [0.4, 0.5) is 4.39 Å². The largest absolute Gasteiger partial charge is 0.355 e. The minimum atomic E-state index is -0.252. The van der Waals surface area contributed by atoms with E-state index < -0.39 is 0 Å². The Labute approximate surface area is 136 Å². The Morgan fingerprint density at radius 3 is 2.48 bits per heavy atom. The fraction of sp³-hybridized carbons (Fsp3) is 0.529. The van der Waals surface area contributed by atoms with Crippen LogP contribution in [0.15, 0.2) is 24.3 Å². The minimum absolute atomic E-state index is 0.0212. The Hall–Kier alpha value is -1.95. The number of hydrogen-bond acceptors (Lipinski definition) is 2. The maximum atomic E-state index is 13.0. The van der Waals surface area contributed by atoms with Gasteiger partial charge in [-0.1, -0.05) is 19.1 Å². The lowest BCUT2D eigenvalue weighted by Gasteiger charge is -2.18. The van der Waals surface area contributed by atoms with E-state index in [0.717, 1.165) is 24.8 Å². The van der Waals surface area contributed by atoms with Crippen LogP contribution in [0, 0.1) is 5.82 Å². The zero-order chi connectivity index (χ0) is 16.7. The van der Waals surface area contributed by atoms with E-state index >= 15 is 0 Å². The van der Waals surface area contributed by atoms with Gasteiger partial charge in [-0.15, -0.1) is 0 Å². The maximum Gasteiger partial charge on any atom is 0.275 e. The third-order valence-corrected chi connectivity index (χ3v) is 3.91. The van der Waals surface area contributed by atoms with Crippen LogP contribution in [-0.2, 0) is 16.1 Å². The summed E-state index contributed by atoms with van der Waals surface area (Å²) in [4.78, 5) is 24.7. The standard InChI is InChI=1S/C17H24FN3O2/c1-2-9-19-16(22)10-20-17(23)12-21(15-7-8-15)11-13-3-5-14(18)6-4-13/h3-6,15H,2,7-12H2,1H3,(H,19,22)(H,20,23)/p+1. The molecule has 126 valence electrons. The number of rotatable bonds is 9. The topological polar surface area (TPSA) is 62.6 Å². The van der Waals surface area contributed by atoms with Gasteiger partial charge < -0.3 is 15.5 Å². The molecule has 3 N–H and O–H groups in total. The van der Waals surface area contributed by atoms with Gasteiger partial charge in [-0.25, -0.2) is 4.39 Å². The lowest BCUT2D eigenvalue weighted by Crippen LogP contribution is -3.13. The van der Waals surface area contributed by atoms with Gasteiger partial charge in [0.15, 0.2) is 6.54 Å². The first kappa shape index (κ1) is 17.4. The first-order valence-corrected chi connectivity index (χ1v) is 8.21. The average molecular weight is 322 g/mol. The van der Waals surface area contributed by atoms with Crippen LogP contribution in [0.25, 0.3) is 0 Å². The number of benzene rings is 1. The molecule has 1 unspecified atom stereocenters. The Balaban J connectivity index is 1.78. The summed E-state index contributed by atoms with van der Waals surface area (Å²) in [6, 6.07) is 6.89. The van der Waals surface area contributed by atoms with E-state index in [-0.39, 0.29) is 24.2 Å². The molecule has 1 saturated carbocycles. The molecule has 2 amide bonds. The Morgan fingerprint density at radius 2 is 1.87 bits per heavy atom. The molecule has 0 aliphatic heterocycles. The van der Waals surface area contributed by atoms with Gasteiger partial charge in [0.05, 0.1) is 12.6 Å². The highest BCUT2D eigenvalue weighted by Crippen LogP contribution is 2.15. The summed E-state index contributed by atoms with van der Waals surface area (Å²) in [6.45, 7) is 3.65. The molecular formula is C17H25FN3O2+. The van der Waals surface area contributed by atoms with Gasteiger partial charge in [0, 0.05) is 24.9 Å². The van der Waals surface area contributed by atoms with Crippen molar-refractivity contribution < 1.29 is 18.9 Å². The fourth-order valence-corrected chi connectivity index (χ4v) is 2.48. The van der Waals surface area contributed by atoms with E-state index in [0.29, 0.717) is 25.7 Å². The second-order valence-corrected chi connectivity index (χ2v) is 6.04. The summed E-state index contributed by atoms with van der Waals surface area (Å²) >= 11 is 0. The summed E-state index contributed by atoms with van der Waals surface area (Å²) in [6.07, 6.45) is 3.10. The number of amides is 2. The van der Waals surface area contributed by atoms with Crippen LogP contribution in [0.5, 0.6) is 0 Å². The van der Waals surface area contributed by atoms with E-state index in [4.69, 9.17) is 0 Å². The van der Waals surface area contributed by atoms with Crippen LogP contribution in [0.1, 0.15) is 31.7 Å². The van der Waals surface area contributed by atoms with E-state index in [1.54, 1.807) is 12.1 Å². The summed E-state index contributed by atoms with van der Waals surface area (Å²) < 4.78 is 13.0. The second-order valence-electron chi connectivity index (χ2n) is 6.04. The SMILES string of the molecule is CCCNC(=O)CNC(=O)C[NH+](Cc1ccc(F)cc1)C1CC1. The number of hydrogen-bond donors (Lipinski definition) is 3. The van der Waals surface area contributed by atoms with Crippen molar-refractivity contribution in [2.24, 2.45) is 0 Å². The first-order valence-electron chi connectivity index (χ1n) is 8.21. The van der Waals surface area contributed by atoms with Gasteiger partial charge >= 0.3 is 0 Å². The molecule has 1 aromatic carbocycles. The fourth-order valence-electron chi connectivity index (χ4n) is 2.48. The smallest absolute Gasteiger partial charge is 0.275 e. The lowest BCUT2D eigenvalue weighted by molar-refractivity contribution is -0.917. The van der Waals surface area contributed by atoms with Crippen LogP contribution in [0.3, 0.4) is 0 Å². The minimum Gasteiger partial charge on any atom is -0.355 e. The summed E-state index contributed by atoms with van der Waals surface area (Å²) in [7, 11) is 0. The average Bonchev–Trinajstić information content (AvgIpc) is 3.37. The third-order valence-electron chi connectivity index (χ3n) is 3.91. The molecule has 2 rings (SSSR count). The first-order chi connectivity index (χ1) is 11.1. The van der Waals surface area contributed by atoms with Gasteiger partial charge in [0.2, 0.25) is 5.91 Å². The van der Waals surface area contributed by atoms with Crippen molar-refractivity contribution in [2.45, 2.75) is 38.8 Å². The molecule has 23 heavy (non-hydrogen) atoms. The Morgan fingerprint density at radius 1 is 1.17 bits per heavy atom. The van der Waals surface area contributed by atoms with E-state index in [1.165, 1.54) is 17.0 Å². The predicted octanol–water partition coefficient (Wildman–Crippen LogP) is 0.0154. The number of halogens is 1. The van der Waals surface area contributed by atoms with Crippen molar-refractivity contribution in [3.63, 3.8) is 0 Å². The Bertz CT molecular complexity index is 529. The van der Waals surface area contributed by atoms with Crippen LogP contribution in [-0.4, -0.2) is 37.5 Å². The van der Waals surface area contributed by atoms with Crippen molar-refractivity contribution in [3.05, 3.63) is 35.6 Å². The van der Waals surface area contributed by atoms with Gasteiger partial charge in [-0.2, -0.15) is 0 Å². The molecule has 1 aliphatic carbocycles. The van der Waals surface area contributed by atoms with Gasteiger partial charge in [0.1, 0.15) is 12.4 Å². The molecule has 5 nitrogen and oxygen atoms in total. The lowest BCUT2D eigenvalue weighted by atomic mass is 10.2. The monoisotopic (exact) mass is 322 g/mol. The molecule has 6 heteroatoms. The molecule has 0 aromatic heterocycles. The van der Waals surface area contributed by atoms with E-state index in [1.807, 2.05) is 6.92 Å². The molecule has 1 aliphatic rings. The zero-order valence-electron chi connectivity index (χ0n) is 13.5. The Kier molecular flexibility index (Phi) is 6.52. The number of carbonyl (C=O) groups is 2. The van der Waals surface area contributed by atoms with Crippen molar-refractivity contribution in [1.82, 2.24) is 10.6 Å². The molecule has 1 atom stereocenters. The summed E-state index contributed by atoms with van der Waals surface area (Å²) in [5, 5.41) is 5.39. The third kappa shape index (κ3) is 6.36. The quantitative estimate of drug-likeness (QED) is 0.600. The van der Waals surface area contributed by atoms with Crippen LogP contribution < -0.4 is 15.5 Å². The van der Waals surface area contributed by atoms with Crippen LogP contribution >= 0.6 is 0 Å². The molecule has 0 spiro atoms. The molecule has 0 bridgehead atoms. The molecule has 0 saturated heterocycles. The highest BCUT2D eigenvalue weighted by atomic mass is 19.1. The van der Waals surface area contributed by atoms with Crippen molar-refractivity contribution in [3.8, 4) is 0 Å². The molecular weight excluding hydrogens is 297 g/mol. The summed E-state index contributed by atoms with van der Waals surface area (Å²) in [5.74, 6) is -0.537. The van der Waals surface area contributed by atoms with Crippen molar-refractivity contribution >= 4 is 11.8 Å². The van der Waals surface area contributed by atoms with E-state index in [2.05, 4.69) is 10.6 Å². The number of nitrogens with one attached hydrogen (secondary N) is 3. The van der Waals surface area contributed by atoms with Crippen molar-refractivity contribution in [1.29, 1.82) is 0 Å². The molecule has 1 aromatic rings. The number of carbonyl (C=O) groups excluding carboxylic acids is 2. The van der Waals surface area contributed by atoms with Gasteiger partial charge in [-0.05, 0) is 18.6 Å². The normalized spacial score (nSPS) is 15.0. The van der Waals surface area contributed by atoms with Gasteiger partial charge in [-0.3, -0.25) is 9.59 Å². The zero-order valence-corrected chi connectivity index (χ0v) is 13.5. The maximum absolute atomic E-state index is 13.0. The predicted molar refractivity (Wildman–Crippen MR) is 85.3 cm³/mol. The molecule has 0 heterocycles. The second kappa shape index (κ2) is 8.62. The number of quaternary nitrogens is 1. The highest BCUT2D eigenvalue weighted by molar-refractivity contribution is 5.84. The highest BCUT2D eigenvalue weighted by Gasteiger charge is 2.34. The van der Waals surface area contributed by atoms with Crippen LogP contribution in [0.2, 0.25) is 0 Å². The molecule has 0 radical (unpaired) electrons. The molecule has 1 fully saturated rings. The van der Waals surface area contributed by atoms with E-state index in [9.17, 15) is 14.0 Å².